The molecule has 2 unspecified atom stereocenters. The molecule has 0 saturated heterocycles. The highest BCUT2D eigenvalue weighted by molar-refractivity contribution is 5.69. The van der Waals surface area contributed by atoms with E-state index in [1.54, 1.807) is 0 Å². The summed E-state index contributed by atoms with van der Waals surface area (Å²) in [5.41, 5.74) is -0.178. The molecule has 0 spiro atoms. The summed E-state index contributed by atoms with van der Waals surface area (Å²) in [6.07, 6.45) is 3.32. The maximum atomic E-state index is 10.8. The first-order valence-electron chi connectivity index (χ1n) is 5.93. The van der Waals surface area contributed by atoms with Crippen LogP contribution in [0, 0.1) is 5.92 Å². The molecule has 0 radical (unpaired) electrons. The van der Waals surface area contributed by atoms with Gasteiger partial charge in [-0.25, -0.2) is 0 Å². The van der Waals surface area contributed by atoms with Crippen molar-refractivity contribution < 1.29 is 14.3 Å². The summed E-state index contributed by atoms with van der Waals surface area (Å²) in [7, 11) is 0. The van der Waals surface area contributed by atoms with Crippen LogP contribution in [0.25, 0.3) is 0 Å². The van der Waals surface area contributed by atoms with Crippen LogP contribution in [-0.2, 0) is 10.2 Å². The van der Waals surface area contributed by atoms with Gasteiger partial charge in [0.25, 0.3) is 0 Å². The summed E-state index contributed by atoms with van der Waals surface area (Å²) in [6.45, 7) is 2.22. The summed E-state index contributed by atoms with van der Waals surface area (Å²) in [5, 5.41) is 8.88. The average molecular weight is 220 g/mol. The molecule has 0 amide bonds. The third kappa shape index (κ3) is 1.55. The Balaban J connectivity index is 1.79. The van der Waals surface area contributed by atoms with Crippen LogP contribution in [0.1, 0.15) is 50.0 Å². The van der Waals surface area contributed by atoms with E-state index < -0.39 is 5.97 Å². The lowest BCUT2D eigenvalue weighted by Gasteiger charge is -2.08. The van der Waals surface area contributed by atoms with E-state index in [4.69, 9.17) is 9.52 Å². The van der Waals surface area contributed by atoms with Crippen LogP contribution < -0.4 is 0 Å². The SMILES string of the molecule is CC1CC1c1ccc(C2(CC(=O)O)CC2)o1. The number of hydrogen-bond donors (Lipinski definition) is 1. The number of carbonyl (C=O) groups is 1. The molecule has 2 aliphatic carbocycles. The van der Waals surface area contributed by atoms with Crippen LogP contribution in [0.5, 0.6) is 0 Å². The molecule has 1 heterocycles. The Labute approximate surface area is 94.5 Å². The molecule has 1 aromatic rings. The minimum Gasteiger partial charge on any atom is -0.481 e. The Morgan fingerprint density at radius 3 is 2.75 bits per heavy atom. The fourth-order valence-corrected chi connectivity index (χ4v) is 2.51. The van der Waals surface area contributed by atoms with Crippen molar-refractivity contribution in [2.24, 2.45) is 5.92 Å². The molecule has 0 bridgehead atoms. The Bertz CT molecular complexity index is 428. The second kappa shape index (κ2) is 3.12. The van der Waals surface area contributed by atoms with E-state index in [0.29, 0.717) is 5.92 Å². The number of aliphatic carboxylic acids is 1. The molecule has 16 heavy (non-hydrogen) atoms. The maximum absolute atomic E-state index is 10.8. The van der Waals surface area contributed by atoms with Crippen molar-refractivity contribution >= 4 is 5.97 Å². The summed E-state index contributed by atoms with van der Waals surface area (Å²) < 4.78 is 5.84. The van der Waals surface area contributed by atoms with E-state index in [1.807, 2.05) is 12.1 Å². The Hall–Kier alpha value is -1.25. The number of rotatable bonds is 4. The molecule has 1 N–H and O–H groups in total. The molecule has 2 fully saturated rings. The molecule has 1 aromatic heterocycles. The first-order valence-corrected chi connectivity index (χ1v) is 5.93. The lowest BCUT2D eigenvalue weighted by atomic mass is 10.00. The highest BCUT2D eigenvalue weighted by Gasteiger charge is 2.49. The van der Waals surface area contributed by atoms with Crippen molar-refractivity contribution in [1.82, 2.24) is 0 Å². The number of carboxylic acid groups (broad SMARTS) is 1. The second-order valence-electron chi connectivity index (χ2n) is 5.37. The van der Waals surface area contributed by atoms with Crippen molar-refractivity contribution in [2.75, 3.05) is 0 Å². The zero-order valence-corrected chi connectivity index (χ0v) is 9.40. The predicted octanol–water partition coefficient (Wildman–Crippen LogP) is 2.91. The minimum absolute atomic E-state index is 0.178. The minimum atomic E-state index is -0.727. The van der Waals surface area contributed by atoms with Crippen molar-refractivity contribution in [1.29, 1.82) is 0 Å². The van der Waals surface area contributed by atoms with Gasteiger partial charge in [-0.3, -0.25) is 4.79 Å². The third-order valence-corrected chi connectivity index (χ3v) is 3.97. The molecule has 3 nitrogen and oxygen atoms in total. The van der Waals surface area contributed by atoms with Crippen molar-refractivity contribution in [3.63, 3.8) is 0 Å². The zero-order chi connectivity index (χ0) is 11.3. The highest BCUT2D eigenvalue weighted by atomic mass is 16.4. The number of furan rings is 1. The van der Waals surface area contributed by atoms with Crippen molar-refractivity contribution in [3.8, 4) is 0 Å². The Morgan fingerprint density at radius 2 is 2.25 bits per heavy atom. The second-order valence-corrected chi connectivity index (χ2v) is 5.37. The topological polar surface area (TPSA) is 50.4 Å². The average Bonchev–Trinajstić information content (AvgIpc) is 3.09. The molecule has 2 atom stereocenters. The standard InChI is InChI=1S/C13H16O3/c1-8-6-9(8)10-2-3-11(16-10)13(4-5-13)7-12(14)15/h2-3,8-9H,4-7H2,1H3,(H,14,15). The molecule has 86 valence electrons. The van der Waals surface area contributed by atoms with Gasteiger partial charge in [-0.05, 0) is 37.3 Å². The van der Waals surface area contributed by atoms with Crippen molar-refractivity contribution in [3.05, 3.63) is 23.7 Å². The lowest BCUT2D eigenvalue weighted by Crippen LogP contribution is -2.11. The van der Waals surface area contributed by atoms with Crippen molar-refractivity contribution in [2.45, 2.75) is 43.9 Å². The molecule has 0 aromatic carbocycles. The molecular weight excluding hydrogens is 204 g/mol. The summed E-state index contributed by atoms with van der Waals surface area (Å²) in [4.78, 5) is 10.8. The van der Waals surface area contributed by atoms with Crippen LogP contribution in [-0.4, -0.2) is 11.1 Å². The van der Waals surface area contributed by atoms with Gasteiger partial charge in [0.05, 0.1) is 6.42 Å². The molecule has 2 saturated carbocycles. The van der Waals surface area contributed by atoms with Crippen LogP contribution in [0.3, 0.4) is 0 Å². The molecule has 2 aliphatic rings. The highest BCUT2D eigenvalue weighted by Crippen LogP contribution is 2.54. The van der Waals surface area contributed by atoms with E-state index in [0.717, 1.165) is 30.3 Å². The van der Waals surface area contributed by atoms with E-state index >= 15 is 0 Å². The normalized spacial score (nSPS) is 30.1. The van der Waals surface area contributed by atoms with Crippen LogP contribution in [0.4, 0.5) is 0 Å². The van der Waals surface area contributed by atoms with Gasteiger partial charge in [-0.2, -0.15) is 0 Å². The molecule has 3 rings (SSSR count). The van der Waals surface area contributed by atoms with Gasteiger partial charge in [-0.1, -0.05) is 6.92 Å². The smallest absolute Gasteiger partial charge is 0.304 e. The van der Waals surface area contributed by atoms with Gasteiger partial charge in [0, 0.05) is 11.3 Å². The molecular formula is C13H16O3. The molecule has 0 aliphatic heterocycles. The summed E-state index contributed by atoms with van der Waals surface area (Å²) >= 11 is 0. The zero-order valence-electron chi connectivity index (χ0n) is 9.40. The van der Waals surface area contributed by atoms with Gasteiger partial charge in [0.15, 0.2) is 0 Å². The van der Waals surface area contributed by atoms with E-state index in [1.165, 1.54) is 6.42 Å². The Morgan fingerprint density at radius 1 is 1.56 bits per heavy atom. The van der Waals surface area contributed by atoms with Crippen LogP contribution in [0.15, 0.2) is 16.5 Å². The maximum Gasteiger partial charge on any atom is 0.304 e. The first-order chi connectivity index (χ1) is 7.61. The van der Waals surface area contributed by atoms with Gasteiger partial charge in [-0.15, -0.1) is 0 Å². The van der Waals surface area contributed by atoms with Gasteiger partial charge >= 0.3 is 5.97 Å². The van der Waals surface area contributed by atoms with Gasteiger partial charge in [0.2, 0.25) is 0 Å². The lowest BCUT2D eigenvalue weighted by molar-refractivity contribution is -0.137. The van der Waals surface area contributed by atoms with E-state index in [9.17, 15) is 4.79 Å². The third-order valence-electron chi connectivity index (χ3n) is 3.97. The van der Waals surface area contributed by atoms with Gasteiger partial charge < -0.3 is 9.52 Å². The summed E-state index contributed by atoms with van der Waals surface area (Å²) in [6, 6.07) is 4.02. The fraction of sp³-hybridized carbons (Fsp3) is 0.615. The number of hydrogen-bond acceptors (Lipinski definition) is 2. The number of carboxylic acids is 1. The van der Waals surface area contributed by atoms with E-state index in [2.05, 4.69) is 6.92 Å². The molecule has 3 heteroatoms. The quantitative estimate of drug-likeness (QED) is 0.848. The predicted molar refractivity (Wildman–Crippen MR) is 58.4 cm³/mol. The van der Waals surface area contributed by atoms with Gasteiger partial charge in [0.1, 0.15) is 11.5 Å². The first kappa shape index (κ1) is 9.94. The Kier molecular flexibility index (Phi) is 1.94. The fourth-order valence-electron chi connectivity index (χ4n) is 2.51. The van der Waals surface area contributed by atoms with Crippen LogP contribution >= 0.6 is 0 Å². The van der Waals surface area contributed by atoms with Crippen LogP contribution in [0.2, 0.25) is 0 Å². The summed E-state index contributed by atoms with van der Waals surface area (Å²) in [5.74, 6) is 2.53. The largest absolute Gasteiger partial charge is 0.481 e. The van der Waals surface area contributed by atoms with E-state index in [-0.39, 0.29) is 11.8 Å². The monoisotopic (exact) mass is 220 g/mol.